The van der Waals surface area contributed by atoms with Crippen molar-refractivity contribution >= 4 is 25.8 Å². The van der Waals surface area contributed by atoms with E-state index >= 15 is 0 Å². The summed E-state index contributed by atoms with van der Waals surface area (Å²) in [7, 11) is 0. The van der Waals surface area contributed by atoms with Gasteiger partial charge in [0, 0.05) is 0 Å². The predicted molar refractivity (Wildman–Crippen MR) is 105 cm³/mol. The Balaban J connectivity index is 1.53. The Morgan fingerprint density at radius 2 is 1.87 bits per heavy atom. The van der Waals surface area contributed by atoms with Gasteiger partial charge in [0.25, 0.3) is 0 Å². The van der Waals surface area contributed by atoms with E-state index in [4.69, 9.17) is 4.74 Å². The van der Waals surface area contributed by atoms with Gasteiger partial charge in [0.05, 0.1) is 0 Å². The van der Waals surface area contributed by atoms with Gasteiger partial charge in [-0.3, -0.25) is 0 Å². The van der Waals surface area contributed by atoms with Crippen LogP contribution in [0.3, 0.4) is 0 Å². The number of hydrogen-bond acceptors (Lipinski definition) is 2. The van der Waals surface area contributed by atoms with E-state index in [1.165, 1.54) is 42.5 Å². The first-order chi connectivity index (χ1) is 11.3. The second-order valence-electron chi connectivity index (χ2n) is 6.58. The molecular formula is C20H24INO. The molecule has 0 bridgehead atoms. The van der Waals surface area contributed by atoms with Crippen molar-refractivity contribution in [1.82, 2.24) is 0 Å². The Morgan fingerprint density at radius 1 is 1.09 bits per heavy atom. The number of nitrogens with one attached hydrogen (secondary N) is 1. The number of rotatable bonds is 4. The molecule has 0 radical (unpaired) electrons. The zero-order valence-corrected chi connectivity index (χ0v) is 15.8. The average molecular weight is 421 g/mol. The molecule has 3 heteroatoms. The van der Waals surface area contributed by atoms with Crippen LogP contribution < -0.4 is 8.27 Å². The summed E-state index contributed by atoms with van der Waals surface area (Å²) in [6.45, 7) is 0.648. The SMILES string of the molecule is CI1Nc2ccc(OCc3ccccc3)cc2C1C1CCCC1. The van der Waals surface area contributed by atoms with Crippen molar-refractivity contribution in [3.8, 4) is 5.75 Å². The Hall–Kier alpha value is -1.23. The van der Waals surface area contributed by atoms with Crippen molar-refractivity contribution in [3.05, 3.63) is 59.7 Å². The molecule has 122 valence electrons. The molecule has 1 aliphatic carbocycles. The van der Waals surface area contributed by atoms with Crippen molar-refractivity contribution < 1.29 is 4.74 Å². The van der Waals surface area contributed by atoms with Crippen molar-refractivity contribution in [1.29, 1.82) is 0 Å². The summed E-state index contributed by atoms with van der Waals surface area (Å²) in [5.74, 6) is 1.92. The van der Waals surface area contributed by atoms with Gasteiger partial charge in [-0.2, -0.15) is 0 Å². The van der Waals surface area contributed by atoms with E-state index in [0.717, 1.165) is 15.6 Å². The monoisotopic (exact) mass is 421 g/mol. The van der Waals surface area contributed by atoms with Crippen LogP contribution in [-0.2, 0) is 6.61 Å². The van der Waals surface area contributed by atoms with Crippen molar-refractivity contribution in [3.63, 3.8) is 0 Å². The van der Waals surface area contributed by atoms with E-state index in [1.807, 2.05) is 6.07 Å². The summed E-state index contributed by atoms with van der Waals surface area (Å²) < 4.78 is 10.7. The van der Waals surface area contributed by atoms with Crippen LogP contribution in [0.15, 0.2) is 48.5 Å². The molecule has 0 amide bonds. The zero-order valence-electron chi connectivity index (χ0n) is 13.6. The van der Waals surface area contributed by atoms with Crippen molar-refractivity contribution in [2.75, 3.05) is 8.46 Å². The van der Waals surface area contributed by atoms with Gasteiger partial charge in [0.2, 0.25) is 0 Å². The summed E-state index contributed by atoms with van der Waals surface area (Å²) >= 11 is -1.10. The molecule has 23 heavy (non-hydrogen) atoms. The van der Waals surface area contributed by atoms with E-state index in [-0.39, 0.29) is 0 Å². The zero-order chi connectivity index (χ0) is 15.6. The molecule has 2 aliphatic rings. The first kappa shape index (κ1) is 15.3. The number of hydrogen-bond donors (Lipinski definition) is 1. The van der Waals surface area contributed by atoms with Crippen molar-refractivity contribution in [2.45, 2.75) is 36.2 Å². The standard InChI is InChI=1S/C20H24INO/c1-21-20(16-9-5-6-10-16)18-13-17(11-12-19(18)22-21)23-14-15-7-3-2-4-8-15/h2-4,7-8,11-13,16,20,22H,5-6,9-10,14H2,1H3. The van der Waals surface area contributed by atoms with Crippen LogP contribution in [0.25, 0.3) is 0 Å². The second-order valence-corrected chi connectivity index (χ2v) is 11.4. The van der Waals surface area contributed by atoms with Gasteiger partial charge in [0.15, 0.2) is 0 Å². The Kier molecular flexibility index (Phi) is 4.47. The molecule has 4 rings (SSSR count). The molecule has 1 atom stereocenters. The minimum absolute atomic E-state index is 0.648. The molecule has 1 unspecified atom stereocenters. The fourth-order valence-corrected chi connectivity index (χ4v) is 9.36. The third kappa shape index (κ3) is 3.21. The number of benzene rings is 2. The van der Waals surface area contributed by atoms with Gasteiger partial charge in [0.1, 0.15) is 0 Å². The molecule has 2 aromatic carbocycles. The minimum atomic E-state index is -1.10. The summed E-state index contributed by atoms with van der Waals surface area (Å²) in [5.41, 5.74) is 4.14. The Labute approximate surface area is 146 Å². The van der Waals surface area contributed by atoms with Gasteiger partial charge in [-0.25, -0.2) is 0 Å². The third-order valence-electron chi connectivity index (χ3n) is 4.99. The van der Waals surface area contributed by atoms with Gasteiger partial charge < -0.3 is 0 Å². The number of halogens is 1. The topological polar surface area (TPSA) is 21.3 Å². The quantitative estimate of drug-likeness (QED) is 0.373. The van der Waals surface area contributed by atoms with E-state index in [9.17, 15) is 0 Å². The van der Waals surface area contributed by atoms with Crippen molar-refractivity contribution in [2.24, 2.45) is 5.92 Å². The van der Waals surface area contributed by atoms with Crippen LogP contribution >= 0.6 is 20.1 Å². The molecule has 1 heterocycles. The fourth-order valence-electron chi connectivity index (χ4n) is 3.85. The molecular weight excluding hydrogens is 397 g/mol. The fraction of sp³-hybridized carbons (Fsp3) is 0.400. The summed E-state index contributed by atoms with van der Waals surface area (Å²) in [4.78, 5) is 2.48. The summed E-state index contributed by atoms with van der Waals surface area (Å²) in [5, 5.41) is 0. The molecule has 0 saturated heterocycles. The van der Waals surface area contributed by atoms with Crippen LogP contribution in [0.2, 0.25) is 0 Å². The average Bonchev–Trinajstić information content (AvgIpc) is 3.20. The summed E-state index contributed by atoms with van der Waals surface area (Å²) in [6, 6.07) is 17.1. The normalized spacial score (nSPS) is 22.0. The van der Waals surface area contributed by atoms with E-state index in [1.54, 1.807) is 0 Å². The Bertz CT molecular complexity index is 667. The van der Waals surface area contributed by atoms with Crippen LogP contribution in [-0.4, -0.2) is 4.93 Å². The molecule has 0 aromatic heterocycles. The number of alkyl halides is 2. The first-order valence-corrected chi connectivity index (χ1v) is 13.0. The van der Waals surface area contributed by atoms with Gasteiger partial charge in [-0.05, 0) is 0 Å². The number of ether oxygens (including phenoxy) is 1. The molecule has 1 aliphatic heterocycles. The van der Waals surface area contributed by atoms with Gasteiger partial charge >= 0.3 is 147 Å². The van der Waals surface area contributed by atoms with Crippen LogP contribution in [0, 0.1) is 5.92 Å². The summed E-state index contributed by atoms with van der Waals surface area (Å²) in [6.07, 6.45) is 5.68. The van der Waals surface area contributed by atoms with Gasteiger partial charge in [-0.1, -0.05) is 0 Å². The molecule has 2 aromatic rings. The molecule has 1 fully saturated rings. The Morgan fingerprint density at radius 3 is 2.65 bits per heavy atom. The van der Waals surface area contributed by atoms with Gasteiger partial charge in [-0.15, -0.1) is 0 Å². The second kappa shape index (κ2) is 6.71. The van der Waals surface area contributed by atoms with Crippen LogP contribution in [0.4, 0.5) is 5.69 Å². The number of fused-ring (bicyclic) bond motifs is 1. The van der Waals surface area contributed by atoms with E-state index in [0.29, 0.717) is 6.61 Å². The predicted octanol–water partition coefficient (Wildman–Crippen LogP) is 5.97. The molecule has 0 spiro atoms. The third-order valence-corrected chi connectivity index (χ3v) is 10.1. The van der Waals surface area contributed by atoms with Crippen LogP contribution in [0.5, 0.6) is 5.75 Å². The van der Waals surface area contributed by atoms with Crippen LogP contribution in [0.1, 0.15) is 40.7 Å². The molecule has 1 saturated carbocycles. The van der Waals surface area contributed by atoms with E-state index in [2.05, 4.69) is 50.9 Å². The first-order valence-electron chi connectivity index (χ1n) is 8.47. The maximum atomic E-state index is 6.05. The number of anilines is 1. The molecule has 2 nitrogen and oxygen atoms in total. The molecule has 1 N–H and O–H groups in total. The van der Waals surface area contributed by atoms with E-state index < -0.39 is 20.1 Å². The maximum absolute atomic E-state index is 6.05.